The van der Waals surface area contributed by atoms with Gasteiger partial charge < -0.3 is 16.3 Å². The lowest BCUT2D eigenvalue weighted by molar-refractivity contribution is 0.310. The second kappa shape index (κ2) is 5.87. The maximum Gasteiger partial charge on any atom is 0.222 e. The van der Waals surface area contributed by atoms with Crippen molar-refractivity contribution in [1.82, 2.24) is 9.97 Å². The fourth-order valence-electron chi connectivity index (χ4n) is 2.97. The molecule has 0 unspecified atom stereocenters. The zero-order chi connectivity index (χ0) is 16.4. The van der Waals surface area contributed by atoms with Gasteiger partial charge in [-0.25, -0.2) is 9.97 Å². The Labute approximate surface area is 135 Å². The van der Waals surface area contributed by atoms with E-state index in [2.05, 4.69) is 20.4 Å². The van der Waals surface area contributed by atoms with Crippen LogP contribution in [0, 0.1) is 5.92 Å². The van der Waals surface area contributed by atoms with E-state index >= 15 is 0 Å². The Bertz CT molecular complexity index is 707. The SMILES string of the molecule is CNc1ncc(-c2ccc([C@](C)(C(N)=NO)C3CC3)cc2)cn1. The Hall–Kier alpha value is -2.63. The highest BCUT2D eigenvalue weighted by Gasteiger charge is 2.46. The molecule has 1 saturated carbocycles. The molecule has 120 valence electrons. The van der Waals surface area contributed by atoms with Crippen LogP contribution in [-0.4, -0.2) is 28.1 Å². The molecule has 0 radical (unpaired) electrons. The van der Waals surface area contributed by atoms with Gasteiger partial charge in [-0.1, -0.05) is 29.4 Å². The number of nitrogens with one attached hydrogen (secondary N) is 1. The lowest BCUT2D eigenvalue weighted by Gasteiger charge is -2.29. The minimum atomic E-state index is -0.417. The van der Waals surface area contributed by atoms with Crippen LogP contribution < -0.4 is 11.1 Å². The molecule has 4 N–H and O–H groups in total. The number of rotatable bonds is 5. The fraction of sp³-hybridized carbons (Fsp3) is 0.353. The first-order chi connectivity index (χ1) is 11.1. The minimum Gasteiger partial charge on any atom is -0.409 e. The third-order valence-corrected chi connectivity index (χ3v) is 4.73. The molecule has 0 bridgehead atoms. The normalized spacial score (nSPS) is 17.6. The van der Waals surface area contributed by atoms with Gasteiger partial charge in [-0.15, -0.1) is 0 Å². The second-order valence-electron chi connectivity index (χ2n) is 6.08. The molecule has 3 rings (SSSR count). The van der Waals surface area contributed by atoms with Crippen molar-refractivity contribution in [2.45, 2.75) is 25.2 Å². The second-order valence-corrected chi connectivity index (χ2v) is 6.08. The molecule has 6 heteroatoms. The minimum absolute atomic E-state index is 0.273. The number of hydrogen-bond donors (Lipinski definition) is 3. The molecule has 1 aromatic carbocycles. The zero-order valence-corrected chi connectivity index (χ0v) is 13.3. The molecule has 1 aliphatic carbocycles. The monoisotopic (exact) mass is 311 g/mol. The third kappa shape index (κ3) is 2.72. The molecule has 6 nitrogen and oxygen atoms in total. The molecular weight excluding hydrogens is 290 g/mol. The molecule has 1 aliphatic rings. The van der Waals surface area contributed by atoms with Gasteiger partial charge in [-0.3, -0.25) is 0 Å². The largest absolute Gasteiger partial charge is 0.409 e. The van der Waals surface area contributed by atoms with Crippen LogP contribution in [0.1, 0.15) is 25.3 Å². The summed E-state index contributed by atoms with van der Waals surface area (Å²) in [7, 11) is 1.79. The number of oxime groups is 1. The quantitative estimate of drug-likeness (QED) is 0.341. The summed E-state index contributed by atoms with van der Waals surface area (Å²) in [6.45, 7) is 2.04. The van der Waals surface area contributed by atoms with E-state index in [9.17, 15) is 0 Å². The summed E-state index contributed by atoms with van der Waals surface area (Å²) >= 11 is 0. The number of nitrogens with zero attached hydrogens (tertiary/aromatic N) is 3. The smallest absolute Gasteiger partial charge is 0.222 e. The van der Waals surface area contributed by atoms with Gasteiger partial charge in [0.25, 0.3) is 0 Å². The summed E-state index contributed by atoms with van der Waals surface area (Å²) in [5.74, 6) is 1.30. The number of anilines is 1. The van der Waals surface area contributed by atoms with Crippen LogP contribution in [-0.2, 0) is 5.41 Å². The first-order valence-corrected chi connectivity index (χ1v) is 7.68. The van der Waals surface area contributed by atoms with Crippen LogP contribution in [0.5, 0.6) is 0 Å². The highest BCUT2D eigenvalue weighted by Crippen LogP contribution is 2.47. The number of nitrogens with two attached hydrogens (primary N) is 1. The van der Waals surface area contributed by atoms with Gasteiger partial charge >= 0.3 is 0 Å². The molecule has 2 aromatic rings. The molecule has 1 fully saturated rings. The van der Waals surface area contributed by atoms with Crippen molar-refractivity contribution in [2.24, 2.45) is 16.8 Å². The lowest BCUT2D eigenvalue weighted by Crippen LogP contribution is -2.40. The van der Waals surface area contributed by atoms with Gasteiger partial charge in [0.1, 0.15) is 5.84 Å². The highest BCUT2D eigenvalue weighted by molar-refractivity contribution is 5.91. The summed E-state index contributed by atoms with van der Waals surface area (Å²) in [6.07, 6.45) is 5.79. The maximum absolute atomic E-state index is 9.13. The van der Waals surface area contributed by atoms with Gasteiger partial charge in [-0.2, -0.15) is 0 Å². The lowest BCUT2D eigenvalue weighted by atomic mass is 9.76. The van der Waals surface area contributed by atoms with Crippen LogP contribution in [0.3, 0.4) is 0 Å². The van der Waals surface area contributed by atoms with Crippen LogP contribution in [0.25, 0.3) is 11.1 Å². The van der Waals surface area contributed by atoms with E-state index in [-0.39, 0.29) is 5.84 Å². The van der Waals surface area contributed by atoms with Gasteiger partial charge in [0.2, 0.25) is 5.95 Å². The summed E-state index contributed by atoms with van der Waals surface area (Å²) in [5, 5.41) is 15.3. The molecule has 0 amide bonds. The predicted molar refractivity (Wildman–Crippen MR) is 90.5 cm³/mol. The van der Waals surface area contributed by atoms with Crippen LogP contribution in [0.2, 0.25) is 0 Å². The van der Waals surface area contributed by atoms with Gasteiger partial charge in [-0.05, 0) is 36.8 Å². The maximum atomic E-state index is 9.13. The number of benzene rings is 1. The van der Waals surface area contributed by atoms with E-state index in [0.29, 0.717) is 11.9 Å². The molecule has 1 heterocycles. The highest BCUT2D eigenvalue weighted by atomic mass is 16.4. The van der Waals surface area contributed by atoms with Crippen molar-refractivity contribution in [1.29, 1.82) is 0 Å². The van der Waals surface area contributed by atoms with E-state index in [4.69, 9.17) is 10.9 Å². The molecule has 23 heavy (non-hydrogen) atoms. The Morgan fingerprint density at radius 3 is 2.30 bits per heavy atom. The van der Waals surface area contributed by atoms with Crippen molar-refractivity contribution < 1.29 is 5.21 Å². The van der Waals surface area contributed by atoms with Crippen LogP contribution in [0.15, 0.2) is 41.8 Å². The topological polar surface area (TPSA) is 96.4 Å². The Kier molecular flexibility index (Phi) is 3.90. The Morgan fingerprint density at radius 1 is 1.22 bits per heavy atom. The molecule has 1 aromatic heterocycles. The first kappa shape index (κ1) is 15.3. The third-order valence-electron chi connectivity index (χ3n) is 4.73. The van der Waals surface area contributed by atoms with Crippen molar-refractivity contribution in [3.63, 3.8) is 0 Å². The molecule has 0 aliphatic heterocycles. The van der Waals surface area contributed by atoms with E-state index in [0.717, 1.165) is 29.5 Å². The first-order valence-electron chi connectivity index (χ1n) is 7.68. The fourth-order valence-corrected chi connectivity index (χ4v) is 2.97. The van der Waals surface area contributed by atoms with Crippen LogP contribution >= 0.6 is 0 Å². The van der Waals surface area contributed by atoms with E-state index in [1.807, 2.05) is 31.2 Å². The van der Waals surface area contributed by atoms with Crippen molar-refractivity contribution >= 4 is 11.8 Å². The van der Waals surface area contributed by atoms with Gasteiger partial charge in [0.05, 0.1) is 5.41 Å². The van der Waals surface area contributed by atoms with Crippen molar-refractivity contribution in [3.05, 3.63) is 42.2 Å². The van der Waals surface area contributed by atoms with Gasteiger partial charge in [0, 0.05) is 25.0 Å². The number of amidine groups is 1. The number of hydrogen-bond acceptors (Lipinski definition) is 5. The average molecular weight is 311 g/mol. The number of aromatic nitrogens is 2. The van der Waals surface area contributed by atoms with Gasteiger partial charge in [0.15, 0.2) is 0 Å². The zero-order valence-electron chi connectivity index (χ0n) is 13.3. The summed E-state index contributed by atoms with van der Waals surface area (Å²) in [4.78, 5) is 8.46. The molecule has 0 spiro atoms. The molecule has 1 atom stereocenters. The molecular formula is C17H21N5O. The van der Waals surface area contributed by atoms with Crippen molar-refractivity contribution in [2.75, 3.05) is 12.4 Å². The molecule has 0 saturated heterocycles. The Morgan fingerprint density at radius 2 is 1.83 bits per heavy atom. The summed E-state index contributed by atoms with van der Waals surface area (Å²) in [5.41, 5.74) is 8.61. The Balaban J connectivity index is 1.91. The predicted octanol–water partition coefficient (Wildman–Crippen LogP) is 2.60. The van der Waals surface area contributed by atoms with Crippen molar-refractivity contribution in [3.8, 4) is 11.1 Å². The van der Waals surface area contributed by atoms with Crippen LogP contribution in [0.4, 0.5) is 5.95 Å². The standard InChI is InChI=1S/C17H21N5O/c1-17(14-7-8-14,15(18)22-23)13-5-3-11(4-6-13)12-9-20-16(19-2)21-10-12/h3-6,9-10,14,23H,7-8H2,1-2H3,(H2,18,22)(H,19,20,21)/t17-/m0/s1. The van der Waals surface area contributed by atoms with E-state index in [1.165, 1.54) is 0 Å². The van der Waals surface area contributed by atoms with E-state index < -0.39 is 5.41 Å². The summed E-state index contributed by atoms with van der Waals surface area (Å²) < 4.78 is 0. The summed E-state index contributed by atoms with van der Waals surface area (Å²) in [6, 6.07) is 8.13. The average Bonchev–Trinajstić information content (AvgIpc) is 3.46. The van der Waals surface area contributed by atoms with E-state index in [1.54, 1.807) is 19.4 Å².